The molecule has 6 heteroatoms. The molecule has 1 atom stereocenters. The topological polar surface area (TPSA) is 76.2 Å². The van der Waals surface area contributed by atoms with Crippen LogP contribution in [-0.2, 0) is 27.7 Å². The molecule has 1 aromatic carbocycles. The Bertz CT molecular complexity index is 794. The van der Waals surface area contributed by atoms with E-state index in [0.29, 0.717) is 28.8 Å². The minimum atomic E-state index is -0.982. The van der Waals surface area contributed by atoms with Crippen molar-refractivity contribution in [2.45, 2.75) is 12.2 Å². The summed E-state index contributed by atoms with van der Waals surface area (Å²) in [7, 11) is 0.324. The van der Waals surface area contributed by atoms with Crippen LogP contribution in [0.4, 0.5) is 0 Å². The Kier molecular flexibility index (Phi) is 3.17. The summed E-state index contributed by atoms with van der Waals surface area (Å²) >= 11 is 0. The fraction of sp³-hybridized carbons (Fsp3) is 0.286. The van der Waals surface area contributed by atoms with Gasteiger partial charge >= 0.3 is 5.97 Å². The van der Waals surface area contributed by atoms with Gasteiger partial charge in [0.15, 0.2) is 0 Å². The molecule has 0 radical (unpaired) electrons. The lowest BCUT2D eigenvalue weighted by atomic mass is 9.99. The maximum atomic E-state index is 12.1. The highest BCUT2D eigenvalue weighted by molar-refractivity contribution is 7.84. The average Bonchev–Trinajstić information content (AvgIpc) is 2.46. The van der Waals surface area contributed by atoms with Crippen LogP contribution in [0, 0.1) is 0 Å². The van der Waals surface area contributed by atoms with Gasteiger partial charge in [-0.2, -0.15) is 0 Å². The van der Waals surface area contributed by atoms with Gasteiger partial charge in [-0.1, -0.05) is 12.1 Å². The molecule has 1 aliphatic heterocycles. The summed E-state index contributed by atoms with van der Waals surface area (Å²) in [6.45, 7) is 0. The Labute approximate surface area is 117 Å². The molecular weight excluding hydrogens is 278 g/mol. The lowest BCUT2D eigenvalue weighted by Crippen LogP contribution is -2.24. The van der Waals surface area contributed by atoms with Gasteiger partial charge in [-0.3, -0.25) is 9.00 Å². The van der Waals surface area contributed by atoms with Crippen molar-refractivity contribution < 1.29 is 13.7 Å². The van der Waals surface area contributed by atoms with Gasteiger partial charge < -0.3 is 9.72 Å². The number of ether oxygens (including phenoxy) is 1. The van der Waals surface area contributed by atoms with E-state index >= 15 is 0 Å². The van der Waals surface area contributed by atoms with Gasteiger partial charge in [0, 0.05) is 27.5 Å². The van der Waals surface area contributed by atoms with E-state index in [-0.39, 0.29) is 11.3 Å². The number of pyridine rings is 1. The van der Waals surface area contributed by atoms with Crippen LogP contribution in [0.15, 0.2) is 23.0 Å². The summed E-state index contributed by atoms with van der Waals surface area (Å²) in [5, 5.41) is 0.833. The van der Waals surface area contributed by atoms with Crippen LogP contribution in [0.5, 0.6) is 0 Å². The van der Waals surface area contributed by atoms with E-state index in [1.54, 1.807) is 12.1 Å². The average molecular weight is 291 g/mol. The predicted octanol–water partition coefficient (Wildman–Crippen LogP) is 1.12. The number of rotatable bonds is 1. The number of esters is 1. The van der Waals surface area contributed by atoms with Crippen molar-refractivity contribution >= 4 is 27.7 Å². The van der Waals surface area contributed by atoms with Crippen molar-refractivity contribution in [3.8, 4) is 0 Å². The van der Waals surface area contributed by atoms with Crippen LogP contribution in [0.1, 0.15) is 21.5 Å². The van der Waals surface area contributed by atoms with E-state index in [1.807, 2.05) is 6.07 Å². The number of H-pyrrole nitrogens is 1. The van der Waals surface area contributed by atoms with Crippen molar-refractivity contribution in [1.82, 2.24) is 4.98 Å². The molecule has 0 amide bonds. The second-order valence-electron chi connectivity index (χ2n) is 4.67. The summed E-state index contributed by atoms with van der Waals surface area (Å²) < 4.78 is 16.4. The molecule has 2 aromatic rings. The van der Waals surface area contributed by atoms with Crippen LogP contribution < -0.4 is 5.56 Å². The molecule has 1 unspecified atom stereocenters. The number of carbonyl (C=O) groups excluding carboxylic acids is 1. The fourth-order valence-electron chi connectivity index (χ4n) is 2.59. The maximum Gasteiger partial charge on any atom is 0.339 e. The smallest absolute Gasteiger partial charge is 0.339 e. The van der Waals surface area contributed by atoms with Gasteiger partial charge in [0.25, 0.3) is 5.56 Å². The number of para-hydroxylation sites is 1. The van der Waals surface area contributed by atoms with Gasteiger partial charge in [-0.15, -0.1) is 0 Å². The third-order valence-corrected chi connectivity index (χ3v) is 4.83. The molecule has 5 nitrogen and oxygen atoms in total. The standard InChI is InChI=1S/C14H13NO4S/c1-19-14(17)10-4-2-3-9-8-5-6-20(18)7-11(8)13(16)15-12(9)10/h2-4H,5-7H2,1H3,(H,15,16). The highest BCUT2D eigenvalue weighted by Crippen LogP contribution is 2.25. The monoisotopic (exact) mass is 291 g/mol. The van der Waals surface area contributed by atoms with E-state index in [9.17, 15) is 13.8 Å². The van der Waals surface area contributed by atoms with Crippen molar-refractivity contribution in [3.63, 3.8) is 0 Å². The highest BCUT2D eigenvalue weighted by atomic mass is 32.2. The van der Waals surface area contributed by atoms with Gasteiger partial charge in [0.2, 0.25) is 0 Å². The van der Waals surface area contributed by atoms with Gasteiger partial charge in [0.1, 0.15) is 0 Å². The molecule has 0 fully saturated rings. The van der Waals surface area contributed by atoms with Gasteiger partial charge in [-0.25, -0.2) is 4.79 Å². The van der Waals surface area contributed by atoms with Crippen molar-refractivity contribution in [2.75, 3.05) is 12.9 Å². The molecule has 104 valence electrons. The third-order valence-electron chi connectivity index (χ3n) is 3.56. The van der Waals surface area contributed by atoms with Crippen LogP contribution in [0.2, 0.25) is 0 Å². The molecule has 1 N–H and O–H groups in total. The van der Waals surface area contributed by atoms with Gasteiger partial charge in [-0.05, 0) is 18.1 Å². The van der Waals surface area contributed by atoms with Crippen LogP contribution in [0.3, 0.4) is 0 Å². The van der Waals surface area contributed by atoms with E-state index < -0.39 is 16.8 Å². The highest BCUT2D eigenvalue weighted by Gasteiger charge is 2.22. The zero-order valence-corrected chi connectivity index (χ0v) is 11.7. The Morgan fingerprint density at radius 3 is 2.90 bits per heavy atom. The minimum Gasteiger partial charge on any atom is -0.465 e. The summed E-state index contributed by atoms with van der Waals surface area (Å²) in [4.78, 5) is 26.6. The molecule has 0 saturated carbocycles. The zero-order valence-electron chi connectivity index (χ0n) is 10.9. The summed E-state index contributed by atoms with van der Waals surface area (Å²) in [6, 6.07) is 5.25. The lowest BCUT2D eigenvalue weighted by molar-refractivity contribution is 0.0602. The first-order valence-electron chi connectivity index (χ1n) is 6.22. The number of aromatic nitrogens is 1. The first-order valence-corrected chi connectivity index (χ1v) is 7.70. The first-order chi connectivity index (χ1) is 9.61. The quantitative estimate of drug-likeness (QED) is 0.799. The van der Waals surface area contributed by atoms with Crippen LogP contribution >= 0.6 is 0 Å². The number of hydrogen-bond donors (Lipinski definition) is 1. The number of benzene rings is 1. The lowest BCUT2D eigenvalue weighted by Gasteiger charge is -2.17. The van der Waals surface area contributed by atoms with E-state index in [0.717, 1.165) is 10.9 Å². The number of carbonyl (C=O) groups is 1. The van der Waals surface area contributed by atoms with Crippen molar-refractivity contribution in [1.29, 1.82) is 0 Å². The van der Waals surface area contributed by atoms with E-state index in [1.165, 1.54) is 7.11 Å². The summed E-state index contributed by atoms with van der Waals surface area (Å²) in [6.07, 6.45) is 0.590. The molecular formula is C14H13NO4S. The summed E-state index contributed by atoms with van der Waals surface area (Å²) in [5.41, 5.74) is 2.04. The summed E-state index contributed by atoms with van der Waals surface area (Å²) in [5.74, 6) is 0.349. The molecule has 0 spiro atoms. The Balaban J connectivity index is 2.36. The number of methoxy groups -OCH3 is 1. The molecule has 0 bridgehead atoms. The molecule has 1 aliphatic rings. The molecule has 0 saturated heterocycles. The number of aromatic amines is 1. The molecule has 3 rings (SSSR count). The second kappa shape index (κ2) is 4.86. The number of fused-ring (bicyclic) bond motifs is 3. The Morgan fingerprint density at radius 1 is 1.35 bits per heavy atom. The van der Waals surface area contributed by atoms with Crippen LogP contribution in [0.25, 0.3) is 10.9 Å². The first kappa shape index (κ1) is 13.1. The largest absolute Gasteiger partial charge is 0.465 e. The number of nitrogens with one attached hydrogen (secondary N) is 1. The molecule has 2 heterocycles. The maximum absolute atomic E-state index is 12.1. The van der Waals surface area contributed by atoms with Crippen LogP contribution in [-0.4, -0.2) is 28.0 Å². The SMILES string of the molecule is COC(=O)c1cccc2c3c(c(=O)[nH]c12)CS(=O)CC3. The Morgan fingerprint density at radius 2 is 2.15 bits per heavy atom. The van der Waals surface area contributed by atoms with E-state index in [2.05, 4.69) is 4.98 Å². The number of hydrogen-bond acceptors (Lipinski definition) is 4. The predicted molar refractivity (Wildman–Crippen MR) is 76.3 cm³/mol. The second-order valence-corrected chi connectivity index (χ2v) is 6.25. The number of aryl methyl sites for hydroxylation is 1. The molecule has 20 heavy (non-hydrogen) atoms. The van der Waals surface area contributed by atoms with Crippen molar-refractivity contribution in [3.05, 3.63) is 45.2 Å². The van der Waals surface area contributed by atoms with E-state index in [4.69, 9.17) is 4.74 Å². The van der Waals surface area contributed by atoms with Crippen molar-refractivity contribution in [2.24, 2.45) is 0 Å². The Hall–Kier alpha value is -1.95. The molecule has 1 aromatic heterocycles. The van der Waals surface area contributed by atoms with Gasteiger partial charge in [0.05, 0.1) is 23.9 Å². The zero-order chi connectivity index (χ0) is 14.3. The third kappa shape index (κ3) is 1.96. The minimum absolute atomic E-state index is 0.267. The fourth-order valence-corrected chi connectivity index (χ4v) is 3.80. The molecule has 0 aliphatic carbocycles. The normalized spacial score (nSPS) is 17.8.